The van der Waals surface area contributed by atoms with Gasteiger partial charge >= 0.3 is 0 Å². The lowest BCUT2D eigenvalue weighted by molar-refractivity contribution is 1.04. The Morgan fingerprint density at radius 3 is 3.07 bits per heavy atom. The van der Waals surface area contributed by atoms with Crippen molar-refractivity contribution >= 4 is 45.0 Å². The summed E-state index contributed by atoms with van der Waals surface area (Å²) in [6.07, 6.45) is 1.66. The van der Waals surface area contributed by atoms with Gasteiger partial charge in [-0.15, -0.1) is 11.3 Å². The van der Waals surface area contributed by atoms with Gasteiger partial charge in [-0.25, -0.2) is 9.97 Å². The number of nitrogens with zero attached hydrogens (tertiary/aromatic N) is 2. The highest BCUT2D eigenvalue weighted by atomic mass is 79.9. The van der Waals surface area contributed by atoms with E-state index >= 15 is 0 Å². The summed E-state index contributed by atoms with van der Waals surface area (Å²) in [6, 6.07) is 4.05. The summed E-state index contributed by atoms with van der Waals surface area (Å²) in [7, 11) is 0. The van der Waals surface area contributed by atoms with E-state index in [0.717, 1.165) is 9.50 Å². The third-order valence-corrected chi connectivity index (χ3v) is 4.31. The first-order valence-corrected chi connectivity index (χ1v) is 6.24. The van der Waals surface area contributed by atoms with E-state index in [1.165, 1.54) is 4.21 Å². The molecule has 2 aromatic heterocycles. The zero-order valence-electron chi connectivity index (χ0n) is 6.98. The number of hydrogen-bond acceptors (Lipinski definition) is 5. The molecule has 2 N–H and O–H groups in total. The van der Waals surface area contributed by atoms with E-state index in [4.69, 9.17) is 5.73 Å². The first-order valence-electron chi connectivity index (χ1n) is 3.75. The van der Waals surface area contributed by atoms with Crippen LogP contribution in [-0.4, -0.2) is 9.97 Å². The lowest BCUT2D eigenvalue weighted by Gasteiger charge is -2.00. The highest BCUT2D eigenvalue weighted by molar-refractivity contribution is 9.10. The zero-order valence-corrected chi connectivity index (χ0v) is 10.2. The van der Waals surface area contributed by atoms with Crippen molar-refractivity contribution in [2.45, 2.75) is 9.24 Å². The van der Waals surface area contributed by atoms with E-state index < -0.39 is 0 Å². The maximum absolute atomic E-state index is 5.50. The van der Waals surface area contributed by atoms with Gasteiger partial charge in [0.15, 0.2) is 0 Å². The molecule has 6 heteroatoms. The van der Waals surface area contributed by atoms with Crippen LogP contribution in [0.4, 0.5) is 5.95 Å². The lowest BCUT2D eigenvalue weighted by Crippen LogP contribution is -1.95. The maximum Gasteiger partial charge on any atom is 0.221 e. The van der Waals surface area contributed by atoms with E-state index in [2.05, 4.69) is 25.9 Å². The number of nitrogen functional groups attached to an aromatic ring is 1. The summed E-state index contributed by atoms with van der Waals surface area (Å²) in [4.78, 5) is 8.02. The molecule has 0 atom stereocenters. The Balaban J connectivity index is 2.28. The molecule has 0 aliphatic carbocycles. The van der Waals surface area contributed by atoms with E-state index in [9.17, 15) is 0 Å². The monoisotopic (exact) mass is 287 g/mol. The fourth-order valence-electron chi connectivity index (χ4n) is 0.853. The van der Waals surface area contributed by atoms with Gasteiger partial charge in [0.05, 0.1) is 8.68 Å². The average Bonchev–Trinajstić information content (AvgIpc) is 2.64. The molecule has 0 aromatic carbocycles. The first-order chi connectivity index (χ1) is 6.75. The fourth-order valence-corrected chi connectivity index (χ4v) is 2.96. The van der Waals surface area contributed by atoms with E-state index in [-0.39, 0.29) is 0 Å². The molecular weight excluding hydrogens is 282 g/mol. The van der Waals surface area contributed by atoms with E-state index in [1.807, 2.05) is 17.5 Å². The minimum Gasteiger partial charge on any atom is -0.368 e. The van der Waals surface area contributed by atoms with Gasteiger partial charge < -0.3 is 5.73 Å². The molecule has 2 rings (SSSR count). The number of thiophene rings is 1. The lowest BCUT2D eigenvalue weighted by atomic mass is 10.7. The molecule has 14 heavy (non-hydrogen) atoms. The summed E-state index contributed by atoms with van der Waals surface area (Å²) >= 11 is 6.63. The summed E-state index contributed by atoms with van der Waals surface area (Å²) in [5, 5.41) is 2.88. The van der Waals surface area contributed by atoms with Crippen LogP contribution >= 0.6 is 39.0 Å². The SMILES string of the molecule is Nc1ncc(Br)c(Sc2cccs2)n1. The zero-order chi connectivity index (χ0) is 9.97. The van der Waals surface area contributed by atoms with Gasteiger partial charge in [-0.2, -0.15) is 0 Å². The molecule has 0 aliphatic heterocycles. The normalized spacial score (nSPS) is 10.4. The second kappa shape index (κ2) is 4.29. The smallest absolute Gasteiger partial charge is 0.221 e. The van der Waals surface area contributed by atoms with Crippen molar-refractivity contribution in [3.05, 3.63) is 28.2 Å². The topological polar surface area (TPSA) is 51.8 Å². The van der Waals surface area contributed by atoms with Crippen molar-refractivity contribution in [1.29, 1.82) is 0 Å². The Hall–Kier alpha value is -0.590. The molecule has 0 bridgehead atoms. The number of halogens is 1. The summed E-state index contributed by atoms with van der Waals surface area (Å²) in [5.41, 5.74) is 5.50. The maximum atomic E-state index is 5.50. The van der Waals surface area contributed by atoms with E-state index in [0.29, 0.717) is 5.95 Å². The molecule has 3 nitrogen and oxygen atoms in total. The largest absolute Gasteiger partial charge is 0.368 e. The van der Waals surface area contributed by atoms with Crippen LogP contribution < -0.4 is 5.73 Å². The molecule has 72 valence electrons. The quantitative estimate of drug-likeness (QED) is 0.863. The molecular formula is C8H6BrN3S2. The van der Waals surface area contributed by atoms with Crippen LogP contribution in [0.5, 0.6) is 0 Å². The van der Waals surface area contributed by atoms with E-state index in [1.54, 1.807) is 29.3 Å². The minimum atomic E-state index is 0.298. The Morgan fingerprint density at radius 1 is 1.50 bits per heavy atom. The van der Waals surface area contributed by atoms with Crippen molar-refractivity contribution in [3.63, 3.8) is 0 Å². The van der Waals surface area contributed by atoms with Crippen molar-refractivity contribution in [2.24, 2.45) is 0 Å². The summed E-state index contributed by atoms with van der Waals surface area (Å²) < 4.78 is 2.05. The standard InChI is InChI=1S/C8H6BrN3S2/c9-5-4-11-8(10)12-7(5)14-6-2-1-3-13-6/h1-4H,(H2,10,11,12). The van der Waals surface area contributed by atoms with Gasteiger partial charge in [-0.05, 0) is 27.4 Å². The molecule has 2 heterocycles. The van der Waals surface area contributed by atoms with Crippen LogP contribution in [0.25, 0.3) is 0 Å². The Bertz CT molecular complexity index is 430. The number of anilines is 1. The Morgan fingerprint density at radius 2 is 2.36 bits per heavy atom. The minimum absolute atomic E-state index is 0.298. The summed E-state index contributed by atoms with van der Waals surface area (Å²) in [5.74, 6) is 0.298. The predicted molar refractivity (Wildman–Crippen MR) is 62.6 cm³/mol. The third kappa shape index (κ3) is 2.26. The van der Waals surface area contributed by atoms with Gasteiger partial charge in [0, 0.05) is 6.20 Å². The Kier molecular flexibility index (Phi) is 3.05. The highest BCUT2D eigenvalue weighted by Crippen LogP contribution is 2.34. The number of hydrogen-bond donors (Lipinski definition) is 1. The fraction of sp³-hybridized carbons (Fsp3) is 0. The second-order valence-corrected chi connectivity index (χ2v) is 5.51. The summed E-state index contributed by atoms with van der Waals surface area (Å²) in [6.45, 7) is 0. The molecule has 2 aromatic rings. The van der Waals surface area contributed by atoms with Crippen molar-refractivity contribution in [1.82, 2.24) is 9.97 Å². The molecule has 0 spiro atoms. The molecule has 0 saturated heterocycles. The van der Waals surface area contributed by atoms with Gasteiger partial charge in [0.2, 0.25) is 5.95 Å². The van der Waals surface area contributed by atoms with Crippen LogP contribution in [0.1, 0.15) is 0 Å². The number of nitrogens with two attached hydrogens (primary N) is 1. The molecule has 0 amide bonds. The molecule has 0 saturated carbocycles. The van der Waals surface area contributed by atoms with Crippen LogP contribution in [0.3, 0.4) is 0 Å². The third-order valence-electron chi connectivity index (χ3n) is 1.42. The van der Waals surface area contributed by atoms with Crippen molar-refractivity contribution in [2.75, 3.05) is 5.73 Å². The van der Waals surface area contributed by atoms with Gasteiger partial charge in [-0.3, -0.25) is 0 Å². The van der Waals surface area contributed by atoms with Gasteiger partial charge in [-0.1, -0.05) is 17.8 Å². The first kappa shape index (κ1) is 9.95. The molecule has 0 radical (unpaired) electrons. The Labute approximate surface area is 97.9 Å². The molecule has 0 aliphatic rings. The van der Waals surface area contributed by atoms with Gasteiger partial charge in [0.25, 0.3) is 0 Å². The van der Waals surface area contributed by atoms with Gasteiger partial charge in [0.1, 0.15) is 5.03 Å². The number of aromatic nitrogens is 2. The van der Waals surface area contributed by atoms with Crippen molar-refractivity contribution in [3.8, 4) is 0 Å². The average molecular weight is 288 g/mol. The van der Waals surface area contributed by atoms with Crippen molar-refractivity contribution < 1.29 is 0 Å². The van der Waals surface area contributed by atoms with Crippen LogP contribution in [0, 0.1) is 0 Å². The highest BCUT2D eigenvalue weighted by Gasteiger charge is 2.05. The van der Waals surface area contributed by atoms with Crippen LogP contribution in [0.2, 0.25) is 0 Å². The van der Waals surface area contributed by atoms with Crippen LogP contribution in [-0.2, 0) is 0 Å². The number of rotatable bonds is 2. The molecule has 0 unspecified atom stereocenters. The molecule has 0 fully saturated rings. The van der Waals surface area contributed by atoms with Crippen LogP contribution in [0.15, 0.2) is 37.4 Å². The second-order valence-electron chi connectivity index (χ2n) is 2.42. The predicted octanol–water partition coefficient (Wildman–Crippen LogP) is 3.03.